The maximum atomic E-state index is 12.0. The molecule has 2 aromatic carbocycles. The monoisotopic (exact) mass is 336 g/mol. The highest BCUT2D eigenvalue weighted by Gasteiger charge is 2.10. The van der Waals surface area contributed by atoms with E-state index in [1.807, 2.05) is 26.0 Å². The van der Waals surface area contributed by atoms with Crippen molar-refractivity contribution in [3.05, 3.63) is 64.1 Å². The molecule has 5 nitrogen and oxygen atoms in total. The fourth-order valence-corrected chi connectivity index (χ4v) is 2.87. The van der Waals surface area contributed by atoms with E-state index in [9.17, 15) is 4.79 Å². The molecule has 0 aliphatic heterocycles. The molecule has 0 radical (unpaired) electrons. The van der Waals surface area contributed by atoms with Crippen molar-refractivity contribution in [3.63, 3.8) is 0 Å². The van der Waals surface area contributed by atoms with E-state index in [-0.39, 0.29) is 11.5 Å². The summed E-state index contributed by atoms with van der Waals surface area (Å²) in [6.07, 6.45) is 2.03. The summed E-state index contributed by atoms with van der Waals surface area (Å²) in [7, 11) is 0. The van der Waals surface area contributed by atoms with Crippen LogP contribution < -0.4 is 16.6 Å². The van der Waals surface area contributed by atoms with Crippen molar-refractivity contribution in [1.29, 1.82) is 0 Å². The number of H-pyrrole nitrogens is 1. The number of hydrogen-bond donors (Lipinski definition) is 3. The van der Waals surface area contributed by atoms with Crippen LogP contribution in [0.2, 0.25) is 0 Å². The van der Waals surface area contributed by atoms with Gasteiger partial charge in [-0.3, -0.25) is 4.79 Å². The number of benzene rings is 2. The summed E-state index contributed by atoms with van der Waals surface area (Å²) in [6.45, 7) is 4.75. The molecule has 0 aliphatic carbocycles. The minimum atomic E-state index is -0.148. The topological polar surface area (TPSA) is 83.8 Å². The molecule has 3 rings (SSSR count). The number of aryl methyl sites for hydroxylation is 1. The molecule has 0 aliphatic rings. The first kappa shape index (κ1) is 17.0. The van der Waals surface area contributed by atoms with Crippen LogP contribution in [0.3, 0.4) is 0 Å². The van der Waals surface area contributed by atoms with Gasteiger partial charge in [-0.15, -0.1) is 0 Å². The van der Waals surface area contributed by atoms with Gasteiger partial charge in [-0.05, 0) is 30.5 Å². The van der Waals surface area contributed by atoms with E-state index in [1.165, 1.54) is 5.56 Å². The number of nitrogen functional groups attached to an aromatic ring is 1. The minimum Gasteiger partial charge on any atom is -0.397 e. The molecule has 1 heterocycles. The van der Waals surface area contributed by atoms with Crippen molar-refractivity contribution in [3.8, 4) is 0 Å². The number of rotatable bonds is 6. The molecule has 0 saturated carbocycles. The van der Waals surface area contributed by atoms with Crippen molar-refractivity contribution in [2.75, 3.05) is 17.6 Å². The van der Waals surface area contributed by atoms with Crippen molar-refractivity contribution < 1.29 is 0 Å². The van der Waals surface area contributed by atoms with E-state index < -0.39 is 0 Å². The first-order chi connectivity index (χ1) is 12.0. The van der Waals surface area contributed by atoms with Crippen molar-refractivity contribution in [2.45, 2.75) is 32.6 Å². The number of aromatic nitrogens is 2. The molecule has 0 fully saturated rings. The highest BCUT2D eigenvalue weighted by atomic mass is 16.1. The Morgan fingerprint density at radius 3 is 2.68 bits per heavy atom. The summed E-state index contributed by atoms with van der Waals surface area (Å²) in [6, 6.07) is 14.1. The highest BCUT2D eigenvalue weighted by molar-refractivity contribution is 5.86. The second-order valence-electron chi connectivity index (χ2n) is 6.58. The fraction of sp³-hybridized carbons (Fsp3) is 0.300. The Labute approximate surface area is 147 Å². The predicted octanol–water partition coefficient (Wildman–Crippen LogP) is 3.67. The van der Waals surface area contributed by atoms with Gasteiger partial charge in [0.2, 0.25) is 0 Å². The van der Waals surface area contributed by atoms with Crippen LogP contribution in [-0.2, 0) is 6.42 Å². The highest BCUT2D eigenvalue weighted by Crippen LogP contribution is 2.24. The van der Waals surface area contributed by atoms with Gasteiger partial charge in [0.1, 0.15) is 5.69 Å². The number of anilines is 2. The molecule has 0 saturated heterocycles. The number of hydrogen-bond acceptors (Lipinski definition) is 4. The average molecular weight is 336 g/mol. The van der Waals surface area contributed by atoms with Crippen molar-refractivity contribution in [2.24, 2.45) is 0 Å². The zero-order valence-electron chi connectivity index (χ0n) is 14.7. The largest absolute Gasteiger partial charge is 0.397 e. The average Bonchev–Trinajstić information content (AvgIpc) is 2.59. The van der Waals surface area contributed by atoms with Crippen LogP contribution in [0.4, 0.5) is 11.4 Å². The third-order valence-corrected chi connectivity index (χ3v) is 4.24. The Bertz CT molecular complexity index is 916. The second-order valence-corrected chi connectivity index (χ2v) is 6.58. The van der Waals surface area contributed by atoms with Crippen molar-refractivity contribution in [1.82, 2.24) is 9.97 Å². The van der Waals surface area contributed by atoms with Crippen LogP contribution in [-0.4, -0.2) is 16.5 Å². The molecule has 1 aromatic heterocycles. The lowest BCUT2D eigenvalue weighted by atomic mass is 10.1. The lowest BCUT2D eigenvalue weighted by molar-refractivity contribution is 0.807. The standard InChI is InChI=1S/C20H24N4O/c1-13(2)19-20(25)24-17-11-15(21)16(12-18(17)23-19)22-10-6-9-14-7-4-3-5-8-14/h3-5,7-8,11-13,22H,6,9-10,21H2,1-2H3,(H,24,25). The Kier molecular flexibility index (Phi) is 5.03. The summed E-state index contributed by atoms with van der Waals surface area (Å²) in [5.74, 6) is 0.0768. The third-order valence-electron chi connectivity index (χ3n) is 4.24. The number of aromatic amines is 1. The van der Waals surface area contributed by atoms with Gasteiger partial charge >= 0.3 is 0 Å². The van der Waals surface area contributed by atoms with Gasteiger partial charge < -0.3 is 16.0 Å². The predicted molar refractivity (Wildman–Crippen MR) is 104 cm³/mol. The van der Waals surface area contributed by atoms with Gasteiger partial charge in [0, 0.05) is 12.5 Å². The molecule has 5 heteroatoms. The maximum Gasteiger partial charge on any atom is 0.270 e. The second kappa shape index (κ2) is 7.38. The van der Waals surface area contributed by atoms with E-state index in [2.05, 4.69) is 39.6 Å². The van der Waals surface area contributed by atoms with Gasteiger partial charge in [0.25, 0.3) is 5.56 Å². The lowest BCUT2D eigenvalue weighted by Crippen LogP contribution is -2.16. The van der Waals surface area contributed by atoms with Crippen LogP contribution in [0.5, 0.6) is 0 Å². The number of nitrogens with two attached hydrogens (primary N) is 1. The zero-order chi connectivity index (χ0) is 17.8. The molecular formula is C20H24N4O. The Balaban J connectivity index is 1.73. The molecule has 0 bridgehead atoms. The van der Waals surface area contributed by atoms with Crippen LogP contribution in [0.25, 0.3) is 11.0 Å². The van der Waals surface area contributed by atoms with E-state index >= 15 is 0 Å². The zero-order valence-corrected chi connectivity index (χ0v) is 14.7. The fourth-order valence-electron chi connectivity index (χ4n) is 2.87. The molecule has 0 spiro atoms. The molecule has 0 amide bonds. The molecule has 3 aromatic rings. The van der Waals surface area contributed by atoms with Crippen LogP contribution >= 0.6 is 0 Å². The minimum absolute atomic E-state index is 0.0768. The lowest BCUT2D eigenvalue weighted by Gasteiger charge is -2.12. The van der Waals surface area contributed by atoms with Gasteiger partial charge in [-0.25, -0.2) is 4.98 Å². The molecule has 4 N–H and O–H groups in total. The molecule has 130 valence electrons. The van der Waals surface area contributed by atoms with E-state index in [4.69, 9.17) is 5.73 Å². The normalized spacial score (nSPS) is 11.2. The van der Waals surface area contributed by atoms with E-state index in [0.29, 0.717) is 16.9 Å². The van der Waals surface area contributed by atoms with E-state index in [1.54, 1.807) is 6.07 Å². The number of nitrogens with zero attached hydrogens (tertiary/aromatic N) is 1. The van der Waals surface area contributed by atoms with Gasteiger partial charge in [0.15, 0.2) is 0 Å². The maximum absolute atomic E-state index is 12.0. The summed E-state index contributed by atoms with van der Waals surface area (Å²) >= 11 is 0. The first-order valence-corrected chi connectivity index (χ1v) is 8.66. The Morgan fingerprint density at radius 1 is 1.20 bits per heavy atom. The third kappa shape index (κ3) is 3.99. The molecule has 25 heavy (non-hydrogen) atoms. The van der Waals surface area contributed by atoms with Gasteiger partial charge in [-0.2, -0.15) is 0 Å². The number of nitrogens with one attached hydrogen (secondary N) is 2. The summed E-state index contributed by atoms with van der Waals surface area (Å²) in [4.78, 5) is 19.4. The smallest absolute Gasteiger partial charge is 0.270 e. The quantitative estimate of drug-likeness (QED) is 0.474. The van der Waals surface area contributed by atoms with Gasteiger partial charge in [-0.1, -0.05) is 44.2 Å². The van der Waals surface area contributed by atoms with Crippen LogP contribution in [0.1, 0.15) is 37.4 Å². The van der Waals surface area contributed by atoms with Crippen molar-refractivity contribution >= 4 is 22.4 Å². The molecular weight excluding hydrogens is 312 g/mol. The molecule has 0 atom stereocenters. The summed E-state index contributed by atoms with van der Waals surface area (Å²) in [5.41, 5.74) is 10.7. The van der Waals surface area contributed by atoms with E-state index in [0.717, 1.165) is 30.6 Å². The van der Waals surface area contributed by atoms with Gasteiger partial charge in [0.05, 0.1) is 22.4 Å². The number of fused-ring (bicyclic) bond motifs is 1. The SMILES string of the molecule is CC(C)c1nc2cc(NCCCc3ccccc3)c(N)cc2[nH]c1=O. The molecule has 0 unspecified atom stereocenters. The first-order valence-electron chi connectivity index (χ1n) is 8.66. The van der Waals surface area contributed by atoms with Crippen LogP contribution in [0, 0.1) is 0 Å². The Hall–Kier alpha value is -2.82. The Morgan fingerprint density at radius 2 is 1.96 bits per heavy atom. The summed E-state index contributed by atoms with van der Waals surface area (Å²) in [5, 5.41) is 3.38. The summed E-state index contributed by atoms with van der Waals surface area (Å²) < 4.78 is 0. The van der Waals surface area contributed by atoms with Crippen LogP contribution in [0.15, 0.2) is 47.3 Å².